The van der Waals surface area contributed by atoms with E-state index in [0.29, 0.717) is 0 Å². The van der Waals surface area contributed by atoms with Gasteiger partial charge in [-0.2, -0.15) is 5.10 Å². The molecule has 31 heavy (non-hydrogen) atoms. The second-order valence-corrected chi connectivity index (χ2v) is 9.04. The minimum atomic E-state index is -3.32. The normalized spacial score (nSPS) is 11.3. The number of hydrogen-bond donors (Lipinski definition) is 0. The van der Waals surface area contributed by atoms with Crippen LogP contribution in [0.4, 0.5) is 0 Å². The third-order valence-electron chi connectivity index (χ3n) is 4.73. The number of sulfone groups is 1. The molecule has 0 saturated carbocycles. The fraction of sp³-hybridized carbons (Fsp3) is 0.0833. The van der Waals surface area contributed by atoms with Gasteiger partial charge in [-0.1, -0.05) is 48.5 Å². The van der Waals surface area contributed by atoms with E-state index in [1.54, 1.807) is 4.68 Å². The Kier molecular flexibility index (Phi) is 5.68. The zero-order valence-electron chi connectivity index (χ0n) is 16.8. The molecule has 0 saturated heterocycles. The molecule has 1 aromatic heterocycles. The van der Waals surface area contributed by atoms with Gasteiger partial charge in [0.25, 0.3) is 0 Å². The van der Waals surface area contributed by atoms with Crippen molar-refractivity contribution < 1.29 is 17.9 Å². The molecule has 156 valence electrons. The molecular weight excluding hydrogens is 412 g/mol. The molecule has 0 aliphatic rings. The van der Waals surface area contributed by atoms with Crippen molar-refractivity contribution in [2.45, 2.75) is 11.5 Å². The highest BCUT2D eigenvalue weighted by Crippen LogP contribution is 2.24. The van der Waals surface area contributed by atoms with E-state index < -0.39 is 15.8 Å². The molecule has 0 amide bonds. The summed E-state index contributed by atoms with van der Waals surface area (Å²) in [6.45, 7) is 0.0315. The van der Waals surface area contributed by atoms with Crippen LogP contribution < -0.4 is 0 Å². The first-order valence-electron chi connectivity index (χ1n) is 9.58. The van der Waals surface area contributed by atoms with Crippen LogP contribution in [0, 0.1) is 0 Å². The van der Waals surface area contributed by atoms with Crippen LogP contribution in [0.15, 0.2) is 96.0 Å². The molecule has 0 fully saturated rings. The van der Waals surface area contributed by atoms with Gasteiger partial charge in [0.1, 0.15) is 6.61 Å². The largest absolute Gasteiger partial charge is 0.457 e. The van der Waals surface area contributed by atoms with E-state index in [9.17, 15) is 13.2 Å². The van der Waals surface area contributed by atoms with E-state index in [-0.39, 0.29) is 17.1 Å². The smallest absolute Gasteiger partial charge is 0.338 e. The molecule has 0 unspecified atom stereocenters. The third kappa shape index (κ3) is 4.73. The molecule has 0 N–H and O–H groups in total. The number of benzene rings is 3. The van der Waals surface area contributed by atoms with Crippen LogP contribution in [-0.4, -0.2) is 30.4 Å². The van der Waals surface area contributed by atoms with Gasteiger partial charge < -0.3 is 4.74 Å². The van der Waals surface area contributed by atoms with Crippen molar-refractivity contribution in [2.24, 2.45) is 0 Å². The number of hydrogen-bond acceptors (Lipinski definition) is 5. The maximum absolute atomic E-state index is 12.5. The van der Waals surface area contributed by atoms with Crippen molar-refractivity contribution in [1.29, 1.82) is 0 Å². The van der Waals surface area contributed by atoms with E-state index >= 15 is 0 Å². The van der Waals surface area contributed by atoms with Crippen LogP contribution in [-0.2, 0) is 21.2 Å². The lowest BCUT2D eigenvalue weighted by atomic mass is 10.1. The third-order valence-corrected chi connectivity index (χ3v) is 5.86. The van der Waals surface area contributed by atoms with Crippen molar-refractivity contribution >= 4 is 15.8 Å². The van der Waals surface area contributed by atoms with Gasteiger partial charge in [-0.15, -0.1) is 0 Å². The lowest BCUT2D eigenvalue weighted by Crippen LogP contribution is -2.06. The molecule has 6 nitrogen and oxygen atoms in total. The quantitative estimate of drug-likeness (QED) is 0.425. The van der Waals surface area contributed by atoms with E-state index in [2.05, 4.69) is 0 Å². The summed E-state index contributed by atoms with van der Waals surface area (Å²) in [6.07, 6.45) is 2.97. The van der Waals surface area contributed by atoms with E-state index in [1.807, 2.05) is 66.9 Å². The highest BCUT2D eigenvalue weighted by Gasteiger charge is 2.16. The van der Waals surface area contributed by atoms with Gasteiger partial charge in [-0.05, 0) is 36.4 Å². The van der Waals surface area contributed by atoms with Crippen LogP contribution in [0.5, 0.6) is 0 Å². The summed E-state index contributed by atoms with van der Waals surface area (Å²) in [5, 5.41) is 4.70. The number of para-hydroxylation sites is 1. The zero-order chi connectivity index (χ0) is 21.8. The minimum absolute atomic E-state index is 0.0315. The fourth-order valence-corrected chi connectivity index (χ4v) is 3.76. The predicted molar refractivity (Wildman–Crippen MR) is 118 cm³/mol. The molecule has 1 heterocycles. The van der Waals surface area contributed by atoms with E-state index in [0.717, 1.165) is 28.8 Å². The van der Waals surface area contributed by atoms with Crippen LogP contribution in [0.25, 0.3) is 16.9 Å². The van der Waals surface area contributed by atoms with Gasteiger partial charge in [0.05, 0.1) is 21.8 Å². The number of esters is 1. The summed E-state index contributed by atoms with van der Waals surface area (Å²) in [5.41, 5.74) is 3.58. The Morgan fingerprint density at radius 1 is 0.903 bits per heavy atom. The molecule has 0 spiro atoms. The summed E-state index contributed by atoms with van der Waals surface area (Å²) in [7, 11) is -3.32. The average molecular weight is 433 g/mol. The highest BCUT2D eigenvalue weighted by atomic mass is 32.2. The first-order chi connectivity index (χ1) is 14.9. The lowest BCUT2D eigenvalue weighted by Gasteiger charge is -2.06. The fourth-order valence-electron chi connectivity index (χ4n) is 3.13. The van der Waals surface area contributed by atoms with Gasteiger partial charge in [-0.25, -0.2) is 17.9 Å². The molecule has 7 heteroatoms. The van der Waals surface area contributed by atoms with Crippen molar-refractivity contribution in [3.63, 3.8) is 0 Å². The summed E-state index contributed by atoms with van der Waals surface area (Å²) < 4.78 is 30.4. The van der Waals surface area contributed by atoms with E-state index in [4.69, 9.17) is 9.84 Å². The van der Waals surface area contributed by atoms with Crippen LogP contribution >= 0.6 is 0 Å². The summed E-state index contributed by atoms with van der Waals surface area (Å²) >= 11 is 0. The summed E-state index contributed by atoms with van der Waals surface area (Å²) in [6, 6.07) is 25.1. The van der Waals surface area contributed by atoms with Gasteiger partial charge in [0, 0.05) is 23.6 Å². The number of ether oxygens (including phenoxy) is 1. The molecule has 0 atom stereocenters. The SMILES string of the molecule is CS(=O)(=O)c1ccc(C(=O)OCc2cn(-c3ccccc3)nc2-c2ccccc2)cc1. The molecule has 0 radical (unpaired) electrons. The Morgan fingerprint density at radius 2 is 1.52 bits per heavy atom. The van der Waals surface area contributed by atoms with Crippen LogP contribution in [0.1, 0.15) is 15.9 Å². The zero-order valence-corrected chi connectivity index (χ0v) is 17.6. The summed E-state index contributed by atoms with van der Waals surface area (Å²) in [4.78, 5) is 12.7. The van der Waals surface area contributed by atoms with Gasteiger partial charge in [0.15, 0.2) is 9.84 Å². The predicted octanol–water partition coefficient (Wildman–Crippen LogP) is 4.30. The Hall–Kier alpha value is -3.71. The second-order valence-electron chi connectivity index (χ2n) is 7.02. The number of nitrogens with zero attached hydrogens (tertiary/aromatic N) is 2. The Morgan fingerprint density at radius 3 is 2.13 bits per heavy atom. The molecule has 4 rings (SSSR count). The van der Waals surface area contributed by atoms with Crippen molar-refractivity contribution in [3.05, 3.63) is 102 Å². The number of rotatable bonds is 6. The Balaban J connectivity index is 1.59. The van der Waals surface area contributed by atoms with Crippen molar-refractivity contribution in [2.75, 3.05) is 6.26 Å². The van der Waals surface area contributed by atoms with Crippen LogP contribution in [0.2, 0.25) is 0 Å². The van der Waals surface area contributed by atoms with Gasteiger partial charge >= 0.3 is 5.97 Å². The van der Waals surface area contributed by atoms with E-state index in [1.165, 1.54) is 24.3 Å². The lowest BCUT2D eigenvalue weighted by molar-refractivity contribution is 0.0473. The number of carbonyl (C=O) groups is 1. The summed E-state index contributed by atoms with van der Waals surface area (Å²) in [5.74, 6) is -0.536. The topological polar surface area (TPSA) is 78.3 Å². The number of carbonyl (C=O) groups excluding carboxylic acids is 1. The van der Waals surface area contributed by atoms with Crippen molar-refractivity contribution in [1.82, 2.24) is 9.78 Å². The molecule has 0 aliphatic heterocycles. The molecule has 3 aromatic carbocycles. The number of aromatic nitrogens is 2. The first-order valence-corrected chi connectivity index (χ1v) is 11.5. The van der Waals surface area contributed by atoms with Crippen LogP contribution in [0.3, 0.4) is 0 Å². The second kappa shape index (κ2) is 8.57. The first kappa shape index (κ1) is 20.6. The standard InChI is InChI=1S/C24H20N2O4S/c1-31(28,29)22-14-12-19(13-15-22)24(27)30-17-20-16-26(21-10-6-3-7-11-21)25-23(20)18-8-4-2-5-9-18/h2-16H,17H2,1H3. The monoisotopic (exact) mass is 432 g/mol. The average Bonchev–Trinajstić information content (AvgIpc) is 3.22. The minimum Gasteiger partial charge on any atom is -0.457 e. The van der Waals surface area contributed by atoms with Crippen molar-refractivity contribution in [3.8, 4) is 16.9 Å². The molecule has 0 bridgehead atoms. The Labute approximate surface area is 180 Å². The molecule has 4 aromatic rings. The van der Waals surface area contributed by atoms with Gasteiger partial charge in [-0.3, -0.25) is 0 Å². The van der Waals surface area contributed by atoms with Gasteiger partial charge in [0.2, 0.25) is 0 Å². The maximum Gasteiger partial charge on any atom is 0.338 e. The molecular formula is C24H20N2O4S. The molecule has 0 aliphatic carbocycles. The maximum atomic E-state index is 12.5. The Bertz CT molecular complexity index is 1300. The highest BCUT2D eigenvalue weighted by molar-refractivity contribution is 7.90.